The highest BCUT2D eigenvalue weighted by molar-refractivity contribution is 6.34. The topological polar surface area (TPSA) is 94.1 Å². The third kappa shape index (κ3) is 4.39. The average molecular weight is 544 g/mol. The summed E-state index contributed by atoms with van der Waals surface area (Å²) in [5, 5.41) is 24.1. The van der Waals surface area contributed by atoms with Crippen molar-refractivity contribution in [2.24, 2.45) is 0 Å². The van der Waals surface area contributed by atoms with Gasteiger partial charge in [0.05, 0.1) is 29.3 Å². The second kappa shape index (κ2) is 10.9. The van der Waals surface area contributed by atoms with Gasteiger partial charge in [-0.05, 0) is 29.3 Å². The standard InChI is InChI=1S/C28H28ClF2N3O4/c29-25-20(30)14-21-19(15-28(16-32-8-10-34(21)28)17-4-2-1-3-5-17)23(25)24-18(27(37)33-9-11-35)6-7-22(26(24)31)38-13-12-36/h1-7,14,32,35-36H,8-13,15-16H2,(H,33,37). The van der Waals surface area contributed by atoms with Crippen molar-refractivity contribution in [3.05, 3.63) is 81.9 Å². The quantitative estimate of drug-likeness (QED) is 0.349. The number of nitrogens with one attached hydrogen (secondary N) is 2. The lowest BCUT2D eigenvalue weighted by Gasteiger charge is -2.45. The van der Waals surface area contributed by atoms with Crippen LogP contribution in [0.3, 0.4) is 0 Å². The minimum absolute atomic E-state index is 0.0474. The molecule has 4 N–H and O–H groups in total. The number of hydrogen-bond donors (Lipinski definition) is 4. The number of rotatable bonds is 8. The highest BCUT2D eigenvalue weighted by Gasteiger charge is 2.48. The highest BCUT2D eigenvalue weighted by atomic mass is 35.5. The van der Waals surface area contributed by atoms with Gasteiger partial charge in [-0.25, -0.2) is 8.78 Å². The Bertz CT molecular complexity index is 1360. The van der Waals surface area contributed by atoms with Crippen molar-refractivity contribution in [3.8, 4) is 16.9 Å². The SMILES string of the molecule is O=C(NCCO)c1ccc(OCCO)c(F)c1-c1c(Cl)c(F)cc2c1CC1(c3ccccc3)CNCCN21. The van der Waals surface area contributed by atoms with Crippen molar-refractivity contribution in [2.75, 3.05) is 50.9 Å². The summed E-state index contributed by atoms with van der Waals surface area (Å²) in [5.74, 6) is -2.46. The van der Waals surface area contributed by atoms with E-state index in [2.05, 4.69) is 15.5 Å². The Morgan fingerprint density at radius 3 is 2.66 bits per heavy atom. The van der Waals surface area contributed by atoms with Crippen molar-refractivity contribution < 1.29 is 28.5 Å². The monoisotopic (exact) mass is 543 g/mol. The second-order valence-corrected chi connectivity index (χ2v) is 9.68. The Kier molecular flexibility index (Phi) is 7.54. The van der Waals surface area contributed by atoms with Crippen LogP contribution in [-0.4, -0.2) is 62.1 Å². The molecule has 1 amide bonds. The summed E-state index contributed by atoms with van der Waals surface area (Å²) in [6, 6.07) is 13.9. The lowest BCUT2D eigenvalue weighted by Crippen LogP contribution is -2.57. The molecule has 0 aromatic heterocycles. The maximum absolute atomic E-state index is 16.2. The number of nitrogens with zero attached hydrogens (tertiary/aromatic N) is 1. The molecule has 1 saturated heterocycles. The molecule has 200 valence electrons. The van der Waals surface area contributed by atoms with Crippen LogP contribution in [-0.2, 0) is 12.0 Å². The van der Waals surface area contributed by atoms with Crippen LogP contribution in [0.4, 0.5) is 14.5 Å². The van der Waals surface area contributed by atoms with Gasteiger partial charge in [-0.1, -0.05) is 41.9 Å². The van der Waals surface area contributed by atoms with Gasteiger partial charge in [0.2, 0.25) is 0 Å². The van der Waals surface area contributed by atoms with E-state index in [1.807, 2.05) is 30.3 Å². The van der Waals surface area contributed by atoms with Crippen LogP contribution in [0.25, 0.3) is 11.1 Å². The molecular weight excluding hydrogens is 516 g/mol. The number of carbonyl (C=O) groups excluding carboxylic acids is 1. The predicted octanol–water partition coefficient (Wildman–Crippen LogP) is 3.24. The molecule has 2 aliphatic heterocycles. The number of anilines is 1. The third-order valence-electron chi connectivity index (χ3n) is 7.17. The first-order valence-electron chi connectivity index (χ1n) is 12.4. The molecule has 0 spiro atoms. The van der Waals surface area contributed by atoms with Crippen LogP contribution in [0.15, 0.2) is 48.5 Å². The van der Waals surface area contributed by atoms with E-state index in [9.17, 15) is 15.0 Å². The maximum Gasteiger partial charge on any atom is 0.252 e. The van der Waals surface area contributed by atoms with Crippen LogP contribution < -0.4 is 20.3 Å². The Morgan fingerprint density at radius 1 is 1.13 bits per heavy atom. The van der Waals surface area contributed by atoms with Gasteiger partial charge in [0.25, 0.3) is 5.91 Å². The molecule has 38 heavy (non-hydrogen) atoms. The zero-order chi connectivity index (χ0) is 26.9. The molecule has 1 fully saturated rings. The van der Waals surface area contributed by atoms with E-state index in [1.165, 1.54) is 18.2 Å². The predicted molar refractivity (Wildman–Crippen MR) is 141 cm³/mol. The summed E-state index contributed by atoms with van der Waals surface area (Å²) < 4.78 is 37.0. The molecule has 0 radical (unpaired) electrons. The van der Waals surface area contributed by atoms with Crippen molar-refractivity contribution in [3.63, 3.8) is 0 Å². The summed E-state index contributed by atoms with van der Waals surface area (Å²) in [4.78, 5) is 15.2. The Hall–Kier alpha value is -3.24. The van der Waals surface area contributed by atoms with E-state index in [0.717, 1.165) is 5.56 Å². The number of benzene rings is 3. The second-order valence-electron chi connectivity index (χ2n) is 9.30. The number of carbonyl (C=O) groups is 1. The van der Waals surface area contributed by atoms with Crippen molar-refractivity contribution in [1.29, 1.82) is 0 Å². The van der Waals surface area contributed by atoms with E-state index in [-0.39, 0.29) is 53.8 Å². The molecule has 10 heteroatoms. The molecule has 2 heterocycles. The van der Waals surface area contributed by atoms with Crippen molar-refractivity contribution in [2.45, 2.75) is 12.0 Å². The number of hydrogen-bond acceptors (Lipinski definition) is 6. The van der Waals surface area contributed by atoms with Gasteiger partial charge < -0.3 is 30.5 Å². The fourth-order valence-electron chi connectivity index (χ4n) is 5.56. The van der Waals surface area contributed by atoms with E-state index in [1.54, 1.807) is 0 Å². The van der Waals surface area contributed by atoms with Gasteiger partial charge in [-0.2, -0.15) is 0 Å². The van der Waals surface area contributed by atoms with Gasteiger partial charge in [-0.3, -0.25) is 4.79 Å². The molecule has 0 bridgehead atoms. The number of aliphatic hydroxyl groups is 2. The Balaban J connectivity index is 1.76. The summed E-state index contributed by atoms with van der Waals surface area (Å²) >= 11 is 6.58. The molecule has 3 aromatic rings. The number of amides is 1. The molecule has 1 atom stereocenters. The lowest BCUT2D eigenvalue weighted by atomic mass is 9.83. The van der Waals surface area contributed by atoms with Gasteiger partial charge >= 0.3 is 0 Å². The Morgan fingerprint density at radius 2 is 1.92 bits per heavy atom. The van der Waals surface area contributed by atoms with Gasteiger partial charge in [0, 0.05) is 49.4 Å². The molecule has 7 nitrogen and oxygen atoms in total. The van der Waals surface area contributed by atoms with E-state index in [0.29, 0.717) is 37.3 Å². The maximum atomic E-state index is 16.2. The first-order chi connectivity index (χ1) is 18.4. The zero-order valence-electron chi connectivity index (χ0n) is 20.6. The normalized spacial score (nSPS) is 18.2. The first kappa shape index (κ1) is 26.4. The van der Waals surface area contributed by atoms with E-state index in [4.69, 9.17) is 16.3 Å². The number of ether oxygens (including phenoxy) is 1. The molecule has 3 aromatic carbocycles. The van der Waals surface area contributed by atoms with Crippen molar-refractivity contribution >= 4 is 23.2 Å². The average Bonchev–Trinajstić information content (AvgIpc) is 3.27. The Labute approximate surface area is 224 Å². The van der Waals surface area contributed by atoms with Crippen LogP contribution in [0.5, 0.6) is 5.75 Å². The van der Waals surface area contributed by atoms with Gasteiger partial charge in [0.1, 0.15) is 12.4 Å². The first-order valence-corrected chi connectivity index (χ1v) is 12.8. The molecule has 5 rings (SSSR count). The van der Waals surface area contributed by atoms with Crippen LogP contribution in [0.2, 0.25) is 5.02 Å². The number of aliphatic hydroxyl groups excluding tert-OH is 2. The van der Waals surface area contributed by atoms with Crippen LogP contribution in [0, 0.1) is 11.6 Å². The lowest BCUT2D eigenvalue weighted by molar-refractivity contribution is 0.0945. The molecular formula is C28H28ClF2N3O4. The number of piperazine rings is 1. The fraction of sp³-hybridized carbons (Fsp3) is 0.321. The summed E-state index contributed by atoms with van der Waals surface area (Å²) in [5.41, 5.74) is 1.51. The smallest absolute Gasteiger partial charge is 0.252 e. The van der Waals surface area contributed by atoms with Gasteiger partial charge in [0.15, 0.2) is 11.6 Å². The van der Waals surface area contributed by atoms with Crippen LogP contribution >= 0.6 is 11.6 Å². The largest absolute Gasteiger partial charge is 0.488 e. The summed E-state index contributed by atoms with van der Waals surface area (Å²) in [7, 11) is 0. The van der Waals surface area contributed by atoms with E-state index < -0.39 is 23.1 Å². The highest BCUT2D eigenvalue weighted by Crippen LogP contribution is 2.52. The minimum Gasteiger partial charge on any atom is -0.488 e. The van der Waals surface area contributed by atoms with E-state index >= 15 is 8.78 Å². The van der Waals surface area contributed by atoms with Crippen molar-refractivity contribution in [1.82, 2.24) is 10.6 Å². The summed E-state index contributed by atoms with van der Waals surface area (Å²) in [6.07, 6.45) is 0.396. The van der Waals surface area contributed by atoms with Gasteiger partial charge in [-0.15, -0.1) is 0 Å². The molecule has 1 unspecified atom stereocenters. The zero-order valence-corrected chi connectivity index (χ0v) is 21.3. The molecule has 0 saturated carbocycles. The molecule has 2 aliphatic rings. The number of halogens is 3. The third-order valence-corrected chi connectivity index (χ3v) is 7.54. The summed E-state index contributed by atoms with van der Waals surface area (Å²) in [6.45, 7) is 0.988. The fourth-order valence-corrected chi connectivity index (χ4v) is 5.82. The van der Waals surface area contributed by atoms with Crippen LogP contribution in [0.1, 0.15) is 21.5 Å². The minimum atomic E-state index is -0.887. The number of fused-ring (bicyclic) bond motifs is 3. The molecule has 0 aliphatic carbocycles.